The smallest absolute Gasteiger partial charge is 0.124 e. The molecule has 0 radical (unpaired) electrons. The average Bonchev–Trinajstić information content (AvgIpc) is 2.50. The van der Waals surface area contributed by atoms with Crippen LogP contribution >= 0.6 is 47.8 Å². The summed E-state index contributed by atoms with van der Waals surface area (Å²) in [5.41, 5.74) is 1.02. The van der Waals surface area contributed by atoms with Crippen molar-refractivity contribution in [2.45, 2.75) is 0 Å². The molecule has 2 rings (SSSR count). The molecule has 0 spiro atoms. The summed E-state index contributed by atoms with van der Waals surface area (Å²) in [6, 6.07) is 7.96. The highest BCUT2D eigenvalue weighted by Gasteiger charge is 2.06. The first-order chi connectivity index (χ1) is 6.68. The maximum absolute atomic E-state index is 4.22. The molecular formula is C9H5Br3N2. The maximum atomic E-state index is 4.22. The van der Waals surface area contributed by atoms with Crippen molar-refractivity contribution in [3.8, 4) is 5.69 Å². The van der Waals surface area contributed by atoms with Gasteiger partial charge in [-0.1, -0.05) is 15.9 Å². The van der Waals surface area contributed by atoms with Gasteiger partial charge in [0.15, 0.2) is 0 Å². The molecule has 2 nitrogen and oxygen atoms in total. The zero-order valence-electron chi connectivity index (χ0n) is 6.92. The fraction of sp³-hybridized carbons (Fsp3) is 0. The molecular weight excluding hydrogens is 376 g/mol. The normalized spacial score (nSPS) is 10.5. The molecule has 72 valence electrons. The summed E-state index contributed by atoms with van der Waals surface area (Å²) in [6.45, 7) is 0. The van der Waals surface area contributed by atoms with Crippen molar-refractivity contribution >= 4 is 47.8 Å². The highest BCUT2D eigenvalue weighted by atomic mass is 79.9. The fourth-order valence-corrected chi connectivity index (χ4v) is 2.00. The molecule has 0 N–H and O–H groups in total. The molecule has 1 aromatic carbocycles. The number of aromatic nitrogens is 2. The van der Waals surface area contributed by atoms with Crippen molar-refractivity contribution in [2.24, 2.45) is 0 Å². The Morgan fingerprint density at radius 3 is 2.14 bits per heavy atom. The van der Waals surface area contributed by atoms with Gasteiger partial charge >= 0.3 is 0 Å². The SMILES string of the molecule is Brc1ccc(-n2ncc(Br)c2Br)cc1. The molecule has 0 aliphatic carbocycles. The Hall–Kier alpha value is -0.130. The molecule has 5 heteroatoms. The van der Waals surface area contributed by atoms with E-state index in [2.05, 4.69) is 52.9 Å². The summed E-state index contributed by atoms with van der Waals surface area (Å²) in [4.78, 5) is 0. The van der Waals surface area contributed by atoms with Gasteiger partial charge in [-0.2, -0.15) is 5.10 Å². The van der Waals surface area contributed by atoms with E-state index in [1.807, 2.05) is 28.9 Å². The molecule has 0 amide bonds. The van der Waals surface area contributed by atoms with Crippen molar-refractivity contribution in [1.29, 1.82) is 0 Å². The molecule has 0 aliphatic rings. The summed E-state index contributed by atoms with van der Waals surface area (Å²) in [7, 11) is 0. The van der Waals surface area contributed by atoms with Crippen LogP contribution in [0.2, 0.25) is 0 Å². The minimum absolute atomic E-state index is 0.917. The van der Waals surface area contributed by atoms with Crippen LogP contribution in [0.1, 0.15) is 0 Å². The van der Waals surface area contributed by atoms with E-state index < -0.39 is 0 Å². The van der Waals surface area contributed by atoms with Gasteiger partial charge in [0.05, 0.1) is 16.4 Å². The van der Waals surface area contributed by atoms with Crippen molar-refractivity contribution < 1.29 is 0 Å². The van der Waals surface area contributed by atoms with Crippen molar-refractivity contribution in [2.75, 3.05) is 0 Å². The van der Waals surface area contributed by atoms with Crippen LogP contribution in [-0.4, -0.2) is 9.78 Å². The quantitative estimate of drug-likeness (QED) is 0.726. The summed E-state index contributed by atoms with van der Waals surface area (Å²) in [5.74, 6) is 0. The summed E-state index contributed by atoms with van der Waals surface area (Å²) < 4.78 is 4.74. The predicted molar refractivity (Wildman–Crippen MR) is 66.7 cm³/mol. The lowest BCUT2D eigenvalue weighted by Crippen LogP contribution is -1.95. The molecule has 0 fully saturated rings. The Labute approximate surface area is 107 Å². The topological polar surface area (TPSA) is 17.8 Å². The second kappa shape index (κ2) is 4.16. The molecule has 0 atom stereocenters. The van der Waals surface area contributed by atoms with Crippen LogP contribution in [0, 0.1) is 0 Å². The molecule has 0 saturated carbocycles. The average molecular weight is 381 g/mol. The lowest BCUT2D eigenvalue weighted by molar-refractivity contribution is 0.860. The van der Waals surface area contributed by atoms with E-state index >= 15 is 0 Å². The monoisotopic (exact) mass is 378 g/mol. The van der Waals surface area contributed by atoms with Crippen LogP contribution in [0.5, 0.6) is 0 Å². The fourth-order valence-electron chi connectivity index (χ4n) is 1.08. The van der Waals surface area contributed by atoms with Crippen LogP contribution in [0.4, 0.5) is 0 Å². The molecule has 0 bridgehead atoms. The third-order valence-electron chi connectivity index (χ3n) is 1.74. The van der Waals surface area contributed by atoms with E-state index in [1.165, 1.54) is 0 Å². The number of benzene rings is 1. The minimum atomic E-state index is 0.917. The Morgan fingerprint density at radius 1 is 1.00 bits per heavy atom. The predicted octanol–water partition coefficient (Wildman–Crippen LogP) is 4.16. The van der Waals surface area contributed by atoms with Gasteiger partial charge in [-0.05, 0) is 56.1 Å². The third-order valence-corrected chi connectivity index (χ3v) is 4.14. The van der Waals surface area contributed by atoms with Crippen LogP contribution in [0.15, 0.2) is 44.0 Å². The molecule has 0 unspecified atom stereocenters. The number of halogens is 3. The first-order valence-electron chi connectivity index (χ1n) is 3.83. The Balaban J connectivity index is 2.49. The van der Waals surface area contributed by atoms with Crippen LogP contribution < -0.4 is 0 Å². The first-order valence-corrected chi connectivity index (χ1v) is 6.21. The maximum Gasteiger partial charge on any atom is 0.124 e. The third kappa shape index (κ3) is 1.94. The van der Waals surface area contributed by atoms with Gasteiger partial charge in [-0.3, -0.25) is 0 Å². The van der Waals surface area contributed by atoms with E-state index in [0.717, 1.165) is 19.2 Å². The number of hydrogen-bond donors (Lipinski definition) is 0. The molecule has 1 aromatic heterocycles. The van der Waals surface area contributed by atoms with Gasteiger partial charge in [0.1, 0.15) is 4.60 Å². The largest absolute Gasteiger partial charge is 0.225 e. The van der Waals surface area contributed by atoms with Gasteiger partial charge in [0.25, 0.3) is 0 Å². The van der Waals surface area contributed by atoms with Gasteiger partial charge < -0.3 is 0 Å². The highest BCUT2D eigenvalue weighted by Crippen LogP contribution is 2.25. The standard InChI is InChI=1S/C9H5Br3N2/c10-6-1-3-7(4-2-6)14-9(12)8(11)5-13-14/h1-5H. The van der Waals surface area contributed by atoms with Gasteiger partial charge in [-0.25, -0.2) is 4.68 Å². The van der Waals surface area contributed by atoms with Crippen LogP contribution in [-0.2, 0) is 0 Å². The van der Waals surface area contributed by atoms with E-state index in [-0.39, 0.29) is 0 Å². The Kier molecular flexibility index (Phi) is 3.09. The summed E-state index contributed by atoms with van der Waals surface area (Å²) >= 11 is 10.2. The number of hydrogen-bond acceptors (Lipinski definition) is 1. The summed E-state index contributed by atoms with van der Waals surface area (Å²) in [6.07, 6.45) is 1.76. The van der Waals surface area contributed by atoms with Crippen molar-refractivity contribution in [3.63, 3.8) is 0 Å². The van der Waals surface area contributed by atoms with Crippen LogP contribution in [0.25, 0.3) is 5.69 Å². The van der Waals surface area contributed by atoms with Gasteiger partial charge in [0.2, 0.25) is 0 Å². The lowest BCUT2D eigenvalue weighted by atomic mass is 10.3. The van der Waals surface area contributed by atoms with Crippen molar-refractivity contribution in [1.82, 2.24) is 9.78 Å². The highest BCUT2D eigenvalue weighted by molar-refractivity contribution is 9.13. The summed E-state index contributed by atoms with van der Waals surface area (Å²) in [5, 5.41) is 4.22. The zero-order valence-corrected chi connectivity index (χ0v) is 11.7. The number of nitrogens with zero attached hydrogens (tertiary/aromatic N) is 2. The second-order valence-electron chi connectivity index (χ2n) is 2.67. The lowest BCUT2D eigenvalue weighted by Gasteiger charge is -2.02. The van der Waals surface area contributed by atoms with Gasteiger partial charge in [-0.15, -0.1) is 0 Å². The van der Waals surface area contributed by atoms with E-state index in [9.17, 15) is 0 Å². The molecule has 2 aromatic rings. The van der Waals surface area contributed by atoms with Crippen LogP contribution in [0.3, 0.4) is 0 Å². The molecule has 14 heavy (non-hydrogen) atoms. The second-order valence-corrected chi connectivity index (χ2v) is 5.19. The van der Waals surface area contributed by atoms with Gasteiger partial charge in [0, 0.05) is 4.47 Å². The Bertz CT molecular complexity index is 448. The Morgan fingerprint density at radius 2 is 1.64 bits per heavy atom. The van der Waals surface area contributed by atoms with Crippen molar-refractivity contribution in [3.05, 3.63) is 44.0 Å². The van der Waals surface area contributed by atoms with E-state index in [0.29, 0.717) is 0 Å². The molecule has 0 saturated heterocycles. The molecule has 1 heterocycles. The van der Waals surface area contributed by atoms with E-state index in [1.54, 1.807) is 6.20 Å². The first kappa shape index (κ1) is 10.4. The number of rotatable bonds is 1. The minimum Gasteiger partial charge on any atom is -0.225 e. The zero-order chi connectivity index (χ0) is 10.1. The van der Waals surface area contributed by atoms with E-state index in [4.69, 9.17) is 0 Å². The molecule has 0 aliphatic heterocycles.